The van der Waals surface area contributed by atoms with Crippen LogP contribution in [-0.4, -0.2) is 20.3 Å². The van der Waals surface area contributed by atoms with Gasteiger partial charge < -0.3 is 4.74 Å². The Bertz CT molecular complexity index is 1550. The molecule has 3 nitrogen and oxygen atoms in total. The van der Waals surface area contributed by atoms with Crippen LogP contribution in [0.2, 0.25) is 0 Å². The molecule has 1 heterocycles. The molecule has 0 amide bonds. The van der Waals surface area contributed by atoms with Crippen molar-refractivity contribution in [2.75, 3.05) is 7.05 Å². The van der Waals surface area contributed by atoms with Crippen LogP contribution < -0.4 is 20.7 Å². The fourth-order valence-electron chi connectivity index (χ4n) is 6.24. The molecule has 220 valence electrons. The molecule has 0 aliphatic carbocycles. The maximum Gasteiger partial charge on any atom is 0.139 e. The Kier molecular flexibility index (Phi) is 8.31. The number of ether oxygens (including phenoxy) is 1. The van der Waals surface area contributed by atoms with Gasteiger partial charge in [-0.1, -0.05) is 132 Å². The van der Waals surface area contributed by atoms with E-state index in [0.717, 1.165) is 22.6 Å². The summed E-state index contributed by atoms with van der Waals surface area (Å²) in [7, 11) is -0.0719. The van der Waals surface area contributed by atoms with E-state index in [1.165, 1.54) is 21.5 Å². The lowest BCUT2D eigenvalue weighted by molar-refractivity contribution is 0.201. The smallest absolute Gasteiger partial charge is 0.139 e. The average Bonchev–Trinajstić information content (AvgIpc) is 2.93. The van der Waals surface area contributed by atoms with E-state index in [2.05, 4.69) is 132 Å². The molecule has 5 heteroatoms. The van der Waals surface area contributed by atoms with Crippen molar-refractivity contribution in [2.45, 2.75) is 71.6 Å². The summed E-state index contributed by atoms with van der Waals surface area (Å²) in [5.41, 5.74) is 2.96. The van der Waals surface area contributed by atoms with Crippen LogP contribution >= 0.6 is 7.92 Å². The number of nitrogens with zero attached hydrogens (tertiary/aromatic N) is 1. The number of fused-ring (bicyclic) bond motifs is 2. The Labute approximate surface area is 256 Å². The Morgan fingerprint density at radius 1 is 0.714 bits per heavy atom. The summed E-state index contributed by atoms with van der Waals surface area (Å²) in [5.74, 6) is 1.85. The van der Waals surface area contributed by atoms with E-state index in [9.17, 15) is 4.21 Å². The predicted molar refractivity (Wildman–Crippen MR) is 182 cm³/mol. The summed E-state index contributed by atoms with van der Waals surface area (Å²) in [5, 5.41) is 3.80. The van der Waals surface area contributed by atoms with E-state index in [-0.39, 0.29) is 21.6 Å². The van der Waals surface area contributed by atoms with E-state index >= 15 is 0 Å². The number of para-hydroxylation sites is 2. The zero-order chi connectivity index (χ0) is 30.4. The highest BCUT2D eigenvalue weighted by Gasteiger charge is 2.43. The molecule has 5 rings (SSSR count). The average molecular weight is 598 g/mol. The molecule has 0 spiro atoms. The zero-order valence-electron chi connectivity index (χ0n) is 26.4. The summed E-state index contributed by atoms with van der Waals surface area (Å²) in [6.45, 7) is 17.4. The first-order valence-electron chi connectivity index (χ1n) is 14.7. The lowest BCUT2D eigenvalue weighted by Gasteiger charge is -2.43. The number of hydrogen-bond acceptors (Lipinski definition) is 2. The van der Waals surface area contributed by atoms with Gasteiger partial charge in [-0.2, -0.15) is 0 Å². The van der Waals surface area contributed by atoms with Crippen LogP contribution in [0.3, 0.4) is 0 Å². The highest BCUT2D eigenvalue weighted by Crippen LogP contribution is 2.54. The molecule has 4 aromatic carbocycles. The van der Waals surface area contributed by atoms with Crippen molar-refractivity contribution in [2.24, 2.45) is 5.41 Å². The minimum atomic E-state index is -1.20. The van der Waals surface area contributed by atoms with Crippen molar-refractivity contribution in [1.82, 2.24) is 4.31 Å². The van der Waals surface area contributed by atoms with Gasteiger partial charge in [0, 0.05) is 34.5 Å². The van der Waals surface area contributed by atoms with E-state index < -0.39 is 18.9 Å². The van der Waals surface area contributed by atoms with Gasteiger partial charge in [0.25, 0.3) is 0 Å². The highest BCUT2D eigenvalue weighted by molar-refractivity contribution is 7.84. The van der Waals surface area contributed by atoms with Crippen molar-refractivity contribution in [3.8, 4) is 11.5 Å². The van der Waals surface area contributed by atoms with E-state index in [0.29, 0.717) is 0 Å². The quantitative estimate of drug-likeness (QED) is 0.209. The Morgan fingerprint density at radius 2 is 1.21 bits per heavy atom. The summed E-state index contributed by atoms with van der Waals surface area (Å²) >= 11 is 0. The Hall–Kier alpha value is -2.78. The monoisotopic (exact) mass is 597 g/mol. The topological polar surface area (TPSA) is 29.5 Å². The molecule has 2 atom stereocenters. The molecule has 1 unspecified atom stereocenters. The molecule has 42 heavy (non-hydrogen) atoms. The normalized spacial score (nSPS) is 16.0. The third-order valence-electron chi connectivity index (χ3n) is 8.12. The van der Waals surface area contributed by atoms with Gasteiger partial charge in [-0.25, -0.2) is 8.51 Å². The molecule has 0 aromatic heterocycles. The largest absolute Gasteiger partial charge is 0.456 e. The zero-order valence-corrected chi connectivity index (χ0v) is 28.1. The van der Waals surface area contributed by atoms with Crippen LogP contribution in [0.4, 0.5) is 0 Å². The molecule has 0 fully saturated rings. The van der Waals surface area contributed by atoms with Crippen LogP contribution in [0, 0.1) is 5.41 Å². The van der Waals surface area contributed by atoms with E-state index in [4.69, 9.17) is 4.74 Å². The molecule has 4 aromatic rings. The van der Waals surface area contributed by atoms with Crippen LogP contribution in [0.1, 0.15) is 78.1 Å². The fraction of sp³-hybridized carbons (Fsp3) is 0.351. The molecule has 1 aliphatic rings. The standard InChI is InChI=1S/C37H44NO2PS/c1-35(2,3)34(38(9)42(39)36(4,5)6)28-22-16-23-29-32(28)40-33-30(37(29,7)8)24-17-25-31(33)41(26-18-12-10-13-19-26)27-20-14-11-15-21-27/h10-25,34H,1-9H3/t34-,42?/m0/s1. The third kappa shape index (κ3) is 5.62. The minimum Gasteiger partial charge on any atom is -0.456 e. The molecule has 1 aliphatic heterocycles. The second-order valence-corrected chi connectivity index (χ2v) is 18.3. The highest BCUT2D eigenvalue weighted by atomic mass is 32.2. The summed E-state index contributed by atoms with van der Waals surface area (Å²) in [4.78, 5) is 0. The first kappa shape index (κ1) is 30.7. The van der Waals surface area contributed by atoms with Crippen LogP contribution in [0.25, 0.3) is 0 Å². The van der Waals surface area contributed by atoms with Gasteiger partial charge in [0.2, 0.25) is 0 Å². The van der Waals surface area contributed by atoms with Gasteiger partial charge >= 0.3 is 0 Å². The lowest BCUT2D eigenvalue weighted by atomic mass is 9.73. The van der Waals surface area contributed by atoms with Gasteiger partial charge in [0.1, 0.15) is 22.5 Å². The maximum absolute atomic E-state index is 13.8. The number of hydrogen-bond donors (Lipinski definition) is 0. The van der Waals surface area contributed by atoms with Gasteiger partial charge in [-0.15, -0.1) is 0 Å². The first-order chi connectivity index (χ1) is 19.7. The van der Waals surface area contributed by atoms with Crippen LogP contribution in [-0.2, 0) is 16.4 Å². The third-order valence-corrected chi connectivity index (χ3v) is 12.4. The summed E-state index contributed by atoms with van der Waals surface area (Å²) in [6, 6.07) is 34.6. The molecule has 0 bridgehead atoms. The van der Waals surface area contributed by atoms with Gasteiger partial charge in [0.05, 0.1) is 10.8 Å². The number of benzene rings is 4. The van der Waals surface area contributed by atoms with Gasteiger partial charge in [0.15, 0.2) is 0 Å². The lowest BCUT2D eigenvalue weighted by Crippen LogP contribution is -2.42. The second kappa shape index (κ2) is 11.4. The van der Waals surface area contributed by atoms with Crippen molar-refractivity contribution in [1.29, 1.82) is 0 Å². The number of rotatable bonds is 6. The second-order valence-electron chi connectivity index (χ2n) is 13.8. The summed E-state index contributed by atoms with van der Waals surface area (Å²) in [6.07, 6.45) is 0. The van der Waals surface area contributed by atoms with Crippen molar-refractivity contribution in [3.63, 3.8) is 0 Å². The van der Waals surface area contributed by atoms with Gasteiger partial charge in [-0.05, 0) is 44.7 Å². The Balaban J connectivity index is 1.73. The maximum atomic E-state index is 13.8. The van der Waals surface area contributed by atoms with Crippen molar-refractivity contribution < 1.29 is 8.95 Å². The van der Waals surface area contributed by atoms with E-state index in [1.54, 1.807) is 0 Å². The van der Waals surface area contributed by atoms with Crippen LogP contribution in [0.5, 0.6) is 11.5 Å². The van der Waals surface area contributed by atoms with Gasteiger partial charge in [-0.3, -0.25) is 0 Å². The van der Waals surface area contributed by atoms with Crippen molar-refractivity contribution >= 4 is 34.8 Å². The van der Waals surface area contributed by atoms with Crippen molar-refractivity contribution in [3.05, 3.63) is 114 Å². The Morgan fingerprint density at radius 3 is 1.71 bits per heavy atom. The van der Waals surface area contributed by atoms with E-state index in [1.807, 2.05) is 32.1 Å². The molecule has 0 N–H and O–H groups in total. The molecule has 0 saturated carbocycles. The molecular weight excluding hydrogens is 553 g/mol. The predicted octanol–water partition coefficient (Wildman–Crippen LogP) is 8.36. The summed E-state index contributed by atoms with van der Waals surface area (Å²) < 4.78 is 22.6. The molecular formula is C37H44NO2PS. The van der Waals surface area contributed by atoms with Crippen LogP contribution in [0.15, 0.2) is 97.1 Å². The fourth-order valence-corrected chi connectivity index (χ4v) is 10.1. The molecule has 0 radical (unpaired) electrons. The molecule has 0 saturated heterocycles. The minimum absolute atomic E-state index is 0.123. The first-order valence-corrected chi connectivity index (χ1v) is 17.2. The SMILES string of the molecule is CN([C@@H](c1cccc2c1Oc1c(P(c3ccccc3)c3ccccc3)cccc1C2(C)C)C(C)(C)C)S(=O)C(C)(C)C.